The van der Waals surface area contributed by atoms with Crippen LogP contribution in [0.4, 0.5) is 0 Å². The number of methoxy groups -OCH3 is 2. The lowest BCUT2D eigenvalue weighted by Gasteiger charge is -2.08. The lowest BCUT2D eigenvalue weighted by atomic mass is 10.2. The van der Waals surface area contributed by atoms with Crippen LogP contribution in [0.25, 0.3) is 10.6 Å². The Morgan fingerprint density at radius 1 is 1.19 bits per heavy atom. The van der Waals surface area contributed by atoms with Crippen molar-refractivity contribution in [3.8, 4) is 22.1 Å². The van der Waals surface area contributed by atoms with Crippen LogP contribution in [0.3, 0.4) is 0 Å². The van der Waals surface area contributed by atoms with Gasteiger partial charge in [-0.15, -0.1) is 11.3 Å². The molecule has 0 atom stereocenters. The van der Waals surface area contributed by atoms with Crippen LogP contribution in [0.5, 0.6) is 11.5 Å². The first kappa shape index (κ1) is 15.0. The number of ether oxygens (including phenoxy) is 2. The van der Waals surface area contributed by atoms with Crippen molar-refractivity contribution in [3.63, 3.8) is 0 Å². The topological polar surface area (TPSA) is 85.7 Å². The van der Waals surface area contributed by atoms with Crippen molar-refractivity contribution >= 4 is 23.1 Å². The standard InChI is InChI=1S/C14H13NO5S/c1-7(16)12-11(14(17)18)15-13(21-12)8-4-5-9(19-2)10(6-8)20-3/h4-6H,1-3H3,(H,17,18). The van der Waals surface area contributed by atoms with Gasteiger partial charge in [0.05, 0.1) is 14.2 Å². The maximum Gasteiger partial charge on any atom is 0.356 e. The number of ketones is 1. The summed E-state index contributed by atoms with van der Waals surface area (Å²) in [6.07, 6.45) is 0. The molecule has 0 fully saturated rings. The lowest BCUT2D eigenvalue weighted by molar-refractivity contribution is 0.0687. The number of carboxylic acid groups (broad SMARTS) is 1. The molecule has 0 amide bonds. The first-order valence-electron chi connectivity index (χ1n) is 5.95. The van der Waals surface area contributed by atoms with Crippen molar-refractivity contribution in [2.24, 2.45) is 0 Å². The molecule has 0 saturated carbocycles. The molecule has 0 unspecified atom stereocenters. The minimum absolute atomic E-state index is 0.132. The summed E-state index contributed by atoms with van der Waals surface area (Å²) in [5, 5.41) is 9.55. The Balaban J connectivity index is 2.54. The molecule has 1 aromatic carbocycles. The van der Waals surface area contributed by atoms with Crippen molar-refractivity contribution in [3.05, 3.63) is 28.8 Å². The lowest BCUT2D eigenvalue weighted by Crippen LogP contribution is -2.03. The van der Waals surface area contributed by atoms with Gasteiger partial charge in [-0.25, -0.2) is 9.78 Å². The number of aromatic carboxylic acids is 1. The highest BCUT2D eigenvalue weighted by Crippen LogP contribution is 2.35. The van der Waals surface area contributed by atoms with Crippen molar-refractivity contribution in [1.29, 1.82) is 0 Å². The van der Waals surface area contributed by atoms with Gasteiger partial charge in [-0.3, -0.25) is 4.79 Å². The molecule has 0 saturated heterocycles. The van der Waals surface area contributed by atoms with E-state index in [9.17, 15) is 9.59 Å². The molecule has 0 spiro atoms. The highest BCUT2D eigenvalue weighted by molar-refractivity contribution is 7.17. The van der Waals surface area contributed by atoms with E-state index >= 15 is 0 Å². The Hall–Kier alpha value is -2.41. The highest BCUT2D eigenvalue weighted by atomic mass is 32.1. The van der Waals surface area contributed by atoms with Gasteiger partial charge in [0.25, 0.3) is 0 Å². The minimum Gasteiger partial charge on any atom is -0.493 e. The van der Waals surface area contributed by atoms with Gasteiger partial charge in [-0.05, 0) is 18.2 Å². The highest BCUT2D eigenvalue weighted by Gasteiger charge is 2.21. The van der Waals surface area contributed by atoms with E-state index in [0.29, 0.717) is 22.1 Å². The van der Waals surface area contributed by atoms with E-state index in [-0.39, 0.29) is 16.4 Å². The first-order valence-corrected chi connectivity index (χ1v) is 6.77. The Kier molecular flexibility index (Phi) is 4.23. The maximum atomic E-state index is 11.5. The normalized spacial score (nSPS) is 10.2. The van der Waals surface area contributed by atoms with Crippen LogP contribution in [-0.2, 0) is 0 Å². The summed E-state index contributed by atoms with van der Waals surface area (Å²) in [6, 6.07) is 5.12. The first-order chi connectivity index (χ1) is 9.97. The van der Waals surface area contributed by atoms with Gasteiger partial charge in [0, 0.05) is 12.5 Å². The third kappa shape index (κ3) is 2.87. The fourth-order valence-electron chi connectivity index (χ4n) is 1.80. The van der Waals surface area contributed by atoms with Gasteiger partial charge < -0.3 is 14.6 Å². The van der Waals surface area contributed by atoms with Crippen molar-refractivity contribution < 1.29 is 24.2 Å². The second-order valence-electron chi connectivity index (χ2n) is 4.13. The molecule has 1 N–H and O–H groups in total. The van der Waals surface area contributed by atoms with Crippen molar-refractivity contribution in [2.75, 3.05) is 14.2 Å². The molecule has 2 aromatic rings. The van der Waals surface area contributed by atoms with E-state index in [4.69, 9.17) is 14.6 Å². The summed E-state index contributed by atoms with van der Waals surface area (Å²) < 4.78 is 10.3. The predicted molar refractivity (Wildman–Crippen MR) is 77.6 cm³/mol. The number of Topliss-reactive ketones (excluding diaryl/α,β-unsaturated/α-hetero) is 1. The van der Waals surface area contributed by atoms with E-state index < -0.39 is 5.97 Å². The molecule has 2 rings (SSSR count). The van der Waals surface area contributed by atoms with E-state index in [1.165, 1.54) is 21.1 Å². The zero-order valence-corrected chi connectivity index (χ0v) is 12.5. The van der Waals surface area contributed by atoms with Crippen LogP contribution in [0, 0.1) is 0 Å². The zero-order valence-electron chi connectivity index (χ0n) is 11.7. The number of carboxylic acids is 1. The fraction of sp³-hybridized carbons (Fsp3) is 0.214. The molecule has 7 heteroatoms. The van der Waals surface area contributed by atoms with Crippen LogP contribution in [-0.4, -0.2) is 36.1 Å². The Morgan fingerprint density at radius 3 is 2.33 bits per heavy atom. The zero-order chi connectivity index (χ0) is 15.6. The summed E-state index contributed by atoms with van der Waals surface area (Å²) in [4.78, 5) is 26.8. The molecular weight excluding hydrogens is 294 g/mol. The smallest absolute Gasteiger partial charge is 0.356 e. The average molecular weight is 307 g/mol. The summed E-state index contributed by atoms with van der Waals surface area (Å²) in [6.45, 7) is 1.32. The maximum absolute atomic E-state index is 11.5. The largest absolute Gasteiger partial charge is 0.493 e. The number of carbonyl (C=O) groups excluding carboxylic acids is 1. The second-order valence-corrected chi connectivity index (χ2v) is 5.13. The van der Waals surface area contributed by atoms with Crippen LogP contribution < -0.4 is 9.47 Å². The molecule has 1 heterocycles. The second kappa shape index (κ2) is 5.92. The summed E-state index contributed by atoms with van der Waals surface area (Å²) >= 11 is 1.04. The Morgan fingerprint density at radius 2 is 1.86 bits per heavy atom. The summed E-state index contributed by atoms with van der Waals surface area (Å²) in [5.41, 5.74) is 0.435. The molecule has 0 aliphatic rings. The number of hydrogen-bond donors (Lipinski definition) is 1. The van der Waals surface area contributed by atoms with E-state index in [0.717, 1.165) is 11.3 Å². The average Bonchev–Trinajstić information content (AvgIpc) is 2.92. The van der Waals surface area contributed by atoms with Crippen LogP contribution in [0.1, 0.15) is 27.1 Å². The molecule has 0 aliphatic carbocycles. The third-order valence-corrected chi connectivity index (χ3v) is 3.99. The van der Waals surface area contributed by atoms with Gasteiger partial charge >= 0.3 is 5.97 Å². The number of carbonyl (C=O) groups is 2. The van der Waals surface area contributed by atoms with Crippen molar-refractivity contribution in [2.45, 2.75) is 6.92 Å². The number of nitrogens with zero attached hydrogens (tertiary/aromatic N) is 1. The van der Waals surface area contributed by atoms with Crippen molar-refractivity contribution in [1.82, 2.24) is 4.98 Å². The van der Waals surface area contributed by atoms with Crippen LogP contribution in [0.2, 0.25) is 0 Å². The number of hydrogen-bond acceptors (Lipinski definition) is 6. The number of rotatable bonds is 5. The summed E-state index contributed by atoms with van der Waals surface area (Å²) in [5.74, 6) is -0.477. The quantitative estimate of drug-likeness (QED) is 0.855. The molecule has 1 aromatic heterocycles. The minimum atomic E-state index is -1.22. The van der Waals surface area contributed by atoms with Gasteiger partial charge in [0.15, 0.2) is 23.0 Å². The van der Waals surface area contributed by atoms with Crippen LogP contribution in [0.15, 0.2) is 18.2 Å². The molecule has 0 radical (unpaired) electrons. The number of benzene rings is 1. The Labute approximate surface area is 125 Å². The van der Waals surface area contributed by atoms with Gasteiger partial charge in [0.2, 0.25) is 0 Å². The monoisotopic (exact) mass is 307 g/mol. The van der Waals surface area contributed by atoms with Gasteiger partial charge in [0.1, 0.15) is 9.88 Å². The molecule has 0 bridgehead atoms. The van der Waals surface area contributed by atoms with Gasteiger partial charge in [-0.1, -0.05) is 0 Å². The molecule has 21 heavy (non-hydrogen) atoms. The molecule has 110 valence electrons. The van der Waals surface area contributed by atoms with E-state index in [1.54, 1.807) is 18.2 Å². The van der Waals surface area contributed by atoms with Gasteiger partial charge in [-0.2, -0.15) is 0 Å². The summed E-state index contributed by atoms with van der Waals surface area (Å²) in [7, 11) is 3.03. The molecule has 6 nitrogen and oxygen atoms in total. The van der Waals surface area contributed by atoms with Crippen LogP contribution >= 0.6 is 11.3 Å². The molecular formula is C14H13NO5S. The third-order valence-electron chi connectivity index (χ3n) is 2.78. The van der Waals surface area contributed by atoms with E-state index in [2.05, 4.69) is 4.98 Å². The SMILES string of the molecule is COc1ccc(-c2nc(C(=O)O)c(C(C)=O)s2)cc1OC. The fourth-order valence-corrected chi connectivity index (χ4v) is 2.74. The predicted octanol–water partition coefficient (Wildman–Crippen LogP) is 2.73. The molecule has 0 aliphatic heterocycles. The number of aromatic nitrogens is 1. The Bertz CT molecular complexity index is 676. The van der Waals surface area contributed by atoms with E-state index in [1.807, 2.05) is 0 Å². The number of thiazole rings is 1.